The predicted octanol–water partition coefficient (Wildman–Crippen LogP) is 25.0. The largest absolute Gasteiger partial charge is 0.462 e. The predicted molar refractivity (Wildman–Crippen MR) is 349 cm³/mol. The van der Waals surface area contributed by atoms with Crippen LogP contribution in [0.25, 0.3) is 0 Å². The molecule has 0 aromatic rings. The smallest absolute Gasteiger partial charge is 0.306 e. The van der Waals surface area contributed by atoms with Gasteiger partial charge in [-0.2, -0.15) is 0 Å². The van der Waals surface area contributed by atoms with Gasteiger partial charge in [0.15, 0.2) is 6.10 Å². The zero-order valence-corrected chi connectivity index (χ0v) is 54.4. The third-order valence-electron chi connectivity index (χ3n) is 16.7. The van der Waals surface area contributed by atoms with E-state index in [1.807, 2.05) is 0 Å². The van der Waals surface area contributed by atoms with Crippen molar-refractivity contribution in [1.82, 2.24) is 0 Å². The minimum absolute atomic E-state index is 0.0626. The number of hydrogen-bond acceptors (Lipinski definition) is 6. The van der Waals surface area contributed by atoms with Crippen molar-refractivity contribution in [2.24, 2.45) is 0 Å². The zero-order chi connectivity index (χ0) is 57.8. The number of hydrogen-bond donors (Lipinski definition) is 0. The first-order valence-electron chi connectivity index (χ1n) is 36.3. The second-order valence-corrected chi connectivity index (χ2v) is 24.9. The Morgan fingerprint density at radius 3 is 0.688 bits per heavy atom. The molecule has 0 saturated heterocycles. The van der Waals surface area contributed by atoms with Gasteiger partial charge in [0.25, 0.3) is 0 Å². The van der Waals surface area contributed by atoms with E-state index >= 15 is 0 Å². The van der Waals surface area contributed by atoms with Gasteiger partial charge >= 0.3 is 17.9 Å². The molecule has 0 saturated carbocycles. The molecule has 0 aliphatic carbocycles. The molecule has 0 heterocycles. The zero-order valence-electron chi connectivity index (χ0n) is 54.4. The van der Waals surface area contributed by atoms with Crippen LogP contribution in [0.3, 0.4) is 0 Å². The molecule has 1 atom stereocenters. The highest BCUT2D eigenvalue weighted by molar-refractivity contribution is 5.71. The average molecular weight is 1130 g/mol. The summed E-state index contributed by atoms with van der Waals surface area (Å²) < 4.78 is 17.0. The highest BCUT2D eigenvalue weighted by atomic mass is 16.6. The Kier molecular flexibility index (Phi) is 67.6. The summed E-state index contributed by atoms with van der Waals surface area (Å²) >= 11 is 0. The van der Waals surface area contributed by atoms with Crippen LogP contribution >= 0.6 is 0 Å². The lowest BCUT2D eigenvalue weighted by atomic mass is 10.0. The van der Waals surface area contributed by atoms with Crippen LogP contribution < -0.4 is 0 Å². The van der Waals surface area contributed by atoms with E-state index in [9.17, 15) is 14.4 Å². The SMILES string of the molecule is CCCCCCC/C=C\C/C=C\CCCCCCCCCCCCCCCCCCCCCCCCCC(=O)OCC(COC(=O)CCCCCCCCCCCCCCC)OC(=O)CCCCCCCCCCCCCCCC. The number of ether oxygens (including phenoxy) is 3. The van der Waals surface area contributed by atoms with Gasteiger partial charge in [0, 0.05) is 19.3 Å². The van der Waals surface area contributed by atoms with Gasteiger partial charge in [-0.05, 0) is 51.4 Å². The molecular formula is C74H140O6. The standard InChI is InChI=1S/C74H140O6/c1-4-7-10-13-16-19-22-25-27-28-29-30-31-32-33-34-35-36-37-38-39-40-41-42-43-44-45-46-47-50-52-55-58-61-64-67-73(76)79-70-71(69-78-72(75)66-63-60-57-54-51-48-24-21-18-15-12-9-6-3)80-74(77)68-65-62-59-56-53-49-26-23-20-17-14-11-8-5-2/h22,25,28-29,71H,4-21,23-24,26-27,30-70H2,1-3H3/b25-22-,29-28-. The minimum atomic E-state index is -0.764. The maximum Gasteiger partial charge on any atom is 0.306 e. The summed E-state index contributed by atoms with van der Waals surface area (Å²) in [5.74, 6) is -0.829. The summed E-state index contributed by atoms with van der Waals surface area (Å²) in [5, 5.41) is 0. The van der Waals surface area contributed by atoms with Crippen LogP contribution in [-0.4, -0.2) is 37.2 Å². The van der Waals surface area contributed by atoms with Crippen LogP contribution in [0, 0.1) is 0 Å². The van der Waals surface area contributed by atoms with Crippen LogP contribution in [-0.2, 0) is 28.6 Å². The molecule has 0 aromatic carbocycles. The topological polar surface area (TPSA) is 78.9 Å². The lowest BCUT2D eigenvalue weighted by molar-refractivity contribution is -0.167. The van der Waals surface area contributed by atoms with Gasteiger partial charge in [-0.1, -0.05) is 366 Å². The van der Waals surface area contributed by atoms with Crippen molar-refractivity contribution in [3.8, 4) is 0 Å². The summed E-state index contributed by atoms with van der Waals surface area (Å²) in [6, 6.07) is 0. The van der Waals surface area contributed by atoms with Crippen molar-refractivity contribution in [2.45, 2.75) is 419 Å². The van der Waals surface area contributed by atoms with Crippen molar-refractivity contribution in [3.63, 3.8) is 0 Å². The maximum absolute atomic E-state index is 12.9. The fourth-order valence-electron chi connectivity index (χ4n) is 11.2. The Hall–Kier alpha value is -2.11. The van der Waals surface area contributed by atoms with Crippen molar-refractivity contribution < 1.29 is 28.6 Å². The first-order valence-corrected chi connectivity index (χ1v) is 36.3. The quantitative estimate of drug-likeness (QED) is 0.0261. The van der Waals surface area contributed by atoms with Crippen molar-refractivity contribution in [2.75, 3.05) is 13.2 Å². The van der Waals surface area contributed by atoms with Crippen LogP contribution in [0.5, 0.6) is 0 Å². The average Bonchev–Trinajstić information content (AvgIpc) is 3.46. The van der Waals surface area contributed by atoms with Crippen molar-refractivity contribution >= 4 is 17.9 Å². The minimum Gasteiger partial charge on any atom is -0.462 e. The van der Waals surface area contributed by atoms with Crippen molar-refractivity contribution in [1.29, 1.82) is 0 Å². The van der Waals surface area contributed by atoms with E-state index in [-0.39, 0.29) is 31.1 Å². The first-order chi connectivity index (χ1) is 39.5. The van der Waals surface area contributed by atoms with Gasteiger partial charge in [0.05, 0.1) is 0 Å². The Bertz CT molecular complexity index is 1290. The molecule has 0 aliphatic heterocycles. The number of carbonyl (C=O) groups excluding carboxylic acids is 3. The summed E-state index contributed by atoms with van der Waals surface area (Å²) in [5.41, 5.74) is 0. The lowest BCUT2D eigenvalue weighted by Crippen LogP contribution is -2.30. The van der Waals surface area contributed by atoms with Crippen LogP contribution in [0.15, 0.2) is 24.3 Å². The molecule has 0 aliphatic rings. The normalized spacial score (nSPS) is 12.1. The molecule has 0 aromatic heterocycles. The molecule has 0 rings (SSSR count). The van der Waals surface area contributed by atoms with E-state index in [1.165, 1.54) is 308 Å². The van der Waals surface area contributed by atoms with Crippen LogP contribution in [0.2, 0.25) is 0 Å². The van der Waals surface area contributed by atoms with Gasteiger partial charge in [-0.3, -0.25) is 14.4 Å². The Balaban J connectivity index is 4.02. The molecule has 80 heavy (non-hydrogen) atoms. The van der Waals surface area contributed by atoms with E-state index in [0.29, 0.717) is 19.3 Å². The Morgan fingerprint density at radius 2 is 0.450 bits per heavy atom. The summed E-state index contributed by atoms with van der Waals surface area (Å²) in [7, 11) is 0. The molecule has 0 amide bonds. The lowest BCUT2D eigenvalue weighted by Gasteiger charge is -2.18. The van der Waals surface area contributed by atoms with Gasteiger partial charge in [-0.25, -0.2) is 0 Å². The highest BCUT2D eigenvalue weighted by Gasteiger charge is 2.19. The molecule has 0 N–H and O–H groups in total. The fraction of sp³-hybridized carbons (Fsp3) is 0.905. The van der Waals surface area contributed by atoms with Crippen molar-refractivity contribution in [3.05, 3.63) is 24.3 Å². The third-order valence-corrected chi connectivity index (χ3v) is 16.7. The van der Waals surface area contributed by atoms with Gasteiger partial charge in [0.1, 0.15) is 13.2 Å². The van der Waals surface area contributed by atoms with E-state index in [2.05, 4.69) is 45.1 Å². The van der Waals surface area contributed by atoms with Gasteiger partial charge in [0.2, 0.25) is 0 Å². The van der Waals surface area contributed by atoms with Crippen LogP contribution in [0.4, 0.5) is 0 Å². The monoisotopic (exact) mass is 1130 g/mol. The second kappa shape index (κ2) is 69.4. The molecule has 0 bridgehead atoms. The second-order valence-electron chi connectivity index (χ2n) is 24.9. The summed E-state index contributed by atoms with van der Waals surface area (Å²) in [6.45, 7) is 6.70. The summed E-state index contributed by atoms with van der Waals surface area (Å²) in [4.78, 5) is 38.3. The number of unbranched alkanes of at least 4 members (excludes halogenated alkanes) is 53. The Morgan fingerprint density at radius 1 is 0.250 bits per heavy atom. The Labute approximate surface area is 500 Å². The molecule has 6 nitrogen and oxygen atoms in total. The van der Waals surface area contributed by atoms with Gasteiger partial charge in [-0.15, -0.1) is 0 Å². The molecular weight excluding hydrogens is 985 g/mol. The van der Waals surface area contributed by atoms with Crippen LogP contribution in [0.1, 0.15) is 412 Å². The summed E-state index contributed by atoms with van der Waals surface area (Å²) in [6.07, 6.45) is 85.2. The fourth-order valence-corrected chi connectivity index (χ4v) is 11.2. The van der Waals surface area contributed by atoms with E-state index in [4.69, 9.17) is 14.2 Å². The highest BCUT2D eigenvalue weighted by Crippen LogP contribution is 2.19. The molecule has 0 spiro atoms. The molecule has 0 fully saturated rings. The third kappa shape index (κ3) is 66.7. The van der Waals surface area contributed by atoms with Gasteiger partial charge < -0.3 is 14.2 Å². The maximum atomic E-state index is 12.9. The number of allylic oxidation sites excluding steroid dienone is 4. The van der Waals surface area contributed by atoms with E-state index in [1.54, 1.807) is 0 Å². The molecule has 6 heteroatoms. The molecule has 472 valence electrons. The molecule has 0 radical (unpaired) electrons. The number of rotatable bonds is 68. The first kappa shape index (κ1) is 77.9. The number of carbonyl (C=O) groups is 3. The molecule has 1 unspecified atom stereocenters. The van der Waals surface area contributed by atoms with E-state index in [0.717, 1.165) is 64.2 Å². The number of esters is 3. The van der Waals surface area contributed by atoms with E-state index < -0.39 is 6.10 Å².